The lowest BCUT2D eigenvalue weighted by Crippen LogP contribution is -2.02. The van der Waals surface area contributed by atoms with E-state index < -0.39 is 0 Å². The van der Waals surface area contributed by atoms with Crippen LogP contribution in [0.25, 0.3) is 22.2 Å². The monoisotopic (exact) mass is 347 g/mol. The number of benzene rings is 2. The minimum Gasteiger partial charge on any atom is -0.398 e. The summed E-state index contributed by atoms with van der Waals surface area (Å²) < 4.78 is 1.35. The number of anilines is 1. The minimum absolute atomic E-state index is 0.831. The molecule has 0 unspecified atom stereocenters. The molecule has 0 amide bonds. The summed E-state index contributed by atoms with van der Waals surface area (Å²) >= 11 is 1.87. The van der Waals surface area contributed by atoms with Crippen LogP contribution in [0.15, 0.2) is 42.5 Å². The molecule has 1 saturated carbocycles. The first-order valence-electron chi connectivity index (χ1n) is 9.26. The maximum atomic E-state index is 6.34. The highest BCUT2D eigenvalue weighted by molar-refractivity contribution is 7.19. The fraction of sp³-hybridized carbons (Fsp3) is 0.304. The topological polar surface area (TPSA) is 26.0 Å². The first-order chi connectivity index (χ1) is 12.2. The van der Waals surface area contributed by atoms with Crippen LogP contribution in [-0.2, 0) is 6.42 Å². The Balaban J connectivity index is 1.69. The predicted octanol–water partition coefficient (Wildman–Crippen LogP) is 6.70. The van der Waals surface area contributed by atoms with E-state index in [-0.39, 0.29) is 0 Å². The Kier molecular flexibility index (Phi) is 4.63. The van der Waals surface area contributed by atoms with Crippen LogP contribution in [-0.4, -0.2) is 0 Å². The van der Waals surface area contributed by atoms with Gasteiger partial charge in [0.1, 0.15) is 0 Å². The minimum atomic E-state index is 0.831. The highest BCUT2D eigenvalue weighted by Gasteiger charge is 2.17. The fourth-order valence-corrected chi connectivity index (χ4v) is 5.15. The number of rotatable bonds is 4. The van der Waals surface area contributed by atoms with Crippen molar-refractivity contribution in [1.29, 1.82) is 0 Å². The highest BCUT2D eigenvalue weighted by Crippen LogP contribution is 2.34. The molecule has 2 heteroatoms. The molecule has 1 aliphatic carbocycles. The van der Waals surface area contributed by atoms with Gasteiger partial charge in [-0.2, -0.15) is 0 Å². The maximum Gasteiger partial charge on any atom is 0.0390 e. The van der Waals surface area contributed by atoms with Gasteiger partial charge in [0.2, 0.25) is 0 Å². The summed E-state index contributed by atoms with van der Waals surface area (Å²) in [5, 5.41) is 1.34. The van der Waals surface area contributed by atoms with E-state index in [1.54, 1.807) is 0 Å². The van der Waals surface area contributed by atoms with Gasteiger partial charge >= 0.3 is 0 Å². The van der Waals surface area contributed by atoms with E-state index in [0.717, 1.165) is 18.0 Å². The van der Waals surface area contributed by atoms with E-state index in [1.165, 1.54) is 57.3 Å². The fourth-order valence-electron chi connectivity index (χ4n) is 4.10. The van der Waals surface area contributed by atoms with Crippen molar-refractivity contribution in [3.63, 3.8) is 0 Å². The van der Waals surface area contributed by atoms with Crippen molar-refractivity contribution < 1.29 is 0 Å². The van der Waals surface area contributed by atoms with E-state index in [2.05, 4.69) is 55.5 Å². The molecule has 1 nitrogen and oxygen atoms in total. The molecular weight excluding hydrogens is 322 g/mol. The second-order valence-electron chi connectivity index (χ2n) is 7.18. The van der Waals surface area contributed by atoms with Crippen LogP contribution >= 0.6 is 11.3 Å². The molecule has 4 rings (SSSR count). The Hall–Kier alpha value is -2.06. The van der Waals surface area contributed by atoms with Gasteiger partial charge in [0.05, 0.1) is 0 Å². The Bertz CT molecular complexity index is 913. The number of aryl methyl sites for hydroxylation is 1. The van der Waals surface area contributed by atoms with Gasteiger partial charge in [-0.05, 0) is 47.9 Å². The molecule has 1 aromatic heterocycles. The van der Waals surface area contributed by atoms with Crippen molar-refractivity contribution in [3.05, 3.63) is 64.0 Å². The van der Waals surface area contributed by atoms with Crippen LogP contribution in [0.5, 0.6) is 0 Å². The van der Waals surface area contributed by atoms with Crippen LogP contribution in [0.3, 0.4) is 0 Å². The van der Waals surface area contributed by atoms with E-state index in [1.807, 2.05) is 17.4 Å². The van der Waals surface area contributed by atoms with Crippen LogP contribution in [0, 0.1) is 12.8 Å². The quantitative estimate of drug-likeness (QED) is 0.522. The van der Waals surface area contributed by atoms with Gasteiger partial charge in [0.25, 0.3) is 0 Å². The molecule has 128 valence electrons. The van der Waals surface area contributed by atoms with E-state index in [9.17, 15) is 0 Å². The molecule has 1 fully saturated rings. The Labute approximate surface area is 154 Å². The zero-order valence-corrected chi connectivity index (χ0v) is 15.6. The van der Waals surface area contributed by atoms with Gasteiger partial charge < -0.3 is 5.73 Å². The molecule has 0 saturated heterocycles. The van der Waals surface area contributed by atoms with Crippen molar-refractivity contribution in [1.82, 2.24) is 0 Å². The lowest BCUT2D eigenvalue weighted by molar-refractivity contribution is 0.546. The molecule has 25 heavy (non-hydrogen) atoms. The lowest BCUT2D eigenvalue weighted by atomic mass is 9.93. The van der Waals surface area contributed by atoms with Crippen LogP contribution in [0.4, 0.5) is 5.69 Å². The SMILES string of the molecule is Cc1sc2ccccc2c1/C=C/c1c(N)cccc1CC1CCCC1. The molecule has 0 radical (unpaired) electrons. The van der Waals surface area contributed by atoms with Crippen LogP contribution < -0.4 is 5.73 Å². The first-order valence-corrected chi connectivity index (χ1v) is 10.1. The van der Waals surface area contributed by atoms with Gasteiger partial charge in [-0.25, -0.2) is 0 Å². The largest absolute Gasteiger partial charge is 0.398 e. The van der Waals surface area contributed by atoms with Gasteiger partial charge in [-0.15, -0.1) is 11.3 Å². The highest BCUT2D eigenvalue weighted by atomic mass is 32.1. The van der Waals surface area contributed by atoms with Crippen molar-refractivity contribution in [2.75, 3.05) is 5.73 Å². The first kappa shape index (κ1) is 16.4. The van der Waals surface area contributed by atoms with Crippen LogP contribution in [0.2, 0.25) is 0 Å². The van der Waals surface area contributed by atoms with Crippen molar-refractivity contribution in [3.8, 4) is 0 Å². The van der Waals surface area contributed by atoms with Gasteiger partial charge in [0, 0.05) is 20.8 Å². The molecule has 2 N–H and O–H groups in total. The average Bonchev–Trinajstić information content (AvgIpc) is 3.22. The summed E-state index contributed by atoms with van der Waals surface area (Å²) in [4.78, 5) is 1.37. The Morgan fingerprint density at radius 2 is 1.76 bits per heavy atom. The van der Waals surface area contributed by atoms with Gasteiger partial charge in [0.15, 0.2) is 0 Å². The zero-order chi connectivity index (χ0) is 17.2. The third-order valence-corrected chi connectivity index (χ3v) is 6.55. The molecule has 0 atom stereocenters. The maximum absolute atomic E-state index is 6.34. The van der Waals surface area contributed by atoms with E-state index >= 15 is 0 Å². The van der Waals surface area contributed by atoms with Crippen molar-refractivity contribution >= 4 is 39.3 Å². The summed E-state index contributed by atoms with van der Waals surface area (Å²) in [6.45, 7) is 2.21. The summed E-state index contributed by atoms with van der Waals surface area (Å²) in [6.07, 6.45) is 11.2. The number of hydrogen-bond donors (Lipinski definition) is 1. The summed E-state index contributed by atoms with van der Waals surface area (Å²) in [6, 6.07) is 15.0. The van der Waals surface area contributed by atoms with Crippen molar-refractivity contribution in [2.24, 2.45) is 5.92 Å². The summed E-state index contributed by atoms with van der Waals surface area (Å²) in [5.41, 5.74) is 11.2. The zero-order valence-electron chi connectivity index (χ0n) is 14.8. The molecule has 2 aromatic carbocycles. The van der Waals surface area contributed by atoms with Crippen LogP contribution in [0.1, 0.15) is 47.3 Å². The molecule has 0 aliphatic heterocycles. The van der Waals surface area contributed by atoms with E-state index in [4.69, 9.17) is 5.73 Å². The second kappa shape index (κ2) is 7.05. The number of hydrogen-bond acceptors (Lipinski definition) is 2. The third-order valence-electron chi connectivity index (χ3n) is 5.45. The van der Waals surface area contributed by atoms with E-state index in [0.29, 0.717) is 0 Å². The number of fused-ring (bicyclic) bond motifs is 1. The Morgan fingerprint density at radius 1 is 1.00 bits per heavy atom. The predicted molar refractivity (Wildman–Crippen MR) is 112 cm³/mol. The Morgan fingerprint density at radius 3 is 2.60 bits per heavy atom. The van der Waals surface area contributed by atoms with Crippen molar-refractivity contribution in [2.45, 2.75) is 39.0 Å². The second-order valence-corrected chi connectivity index (χ2v) is 8.43. The normalized spacial score (nSPS) is 15.6. The molecular formula is C23H25NS. The van der Waals surface area contributed by atoms with Gasteiger partial charge in [-0.1, -0.05) is 68.2 Å². The smallest absolute Gasteiger partial charge is 0.0390 e. The lowest BCUT2D eigenvalue weighted by Gasteiger charge is -2.13. The molecule has 3 aromatic rings. The third kappa shape index (κ3) is 3.36. The number of nitrogen functional groups attached to an aromatic ring is 1. The standard InChI is InChI=1S/C23H25NS/c1-16-19(21-10-4-5-12-23(21)25-16)13-14-20-18(9-6-11-22(20)24)15-17-7-2-3-8-17/h4-6,9-14,17H,2-3,7-8,15,24H2,1H3/b14-13+. The molecule has 1 aliphatic rings. The summed E-state index contributed by atoms with van der Waals surface area (Å²) in [7, 11) is 0. The molecule has 1 heterocycles. The summed E-state index contributed by atoms with van der Waals surface area (Å²) in [5.74, 6) is 0.831. The molecule has 0 spiro atoms. The number of thiophene rings is 1. The molecule has 0 bridgehead atoms. The van der Waals surface area contributed by atoms with Gasteiger partial charge in [-0.3, -0.25) is 0 Å². The number of nitrogens with two attached hydrogens (primary N) is 1. The average molecular weight is 348 g/mol.